The van der Waals surface area contributed by atoms with E-state index in [9.17, 15) is 0 Å². The van der Waals surface area contributed by atoms with Crippen molar-refractivity contribution in [2.45, 2.75) is 19.8 Å². The predicted molar refractivity (Wildman–Crippen MR) is 79.3 cm³/mol. The van der Waals surface area contributed by atoms with Gasteiger partial charge in [-0.3, -0.25) is 5.10 Å². The van der Waals surface area contributed by atoms with Crippen LogP contribution in [0.5, 0.6) is 0 Å². The summed E-state index contributed by atoms with van der Waals surface area (Å²) in [4.78, 5) is 0. The third kappa shape index (κ3) is 3.25. The monoisotopic (exact) mass is 283 g/mol. The molecule has 0 radical (unpaired) electrons. The first-order valence-corrected chi connectivity index (χ1v) is 6.91. The summed E-state index contributed by atoms with van der Waals surface area (Å²) in [6, 6.07) is 11.9. The van der Waals surface area contributed by atoms with Gasteiger partial charge >= 0.3 is 0 Å². The van der Waals surface area contributed by atoms with Crippen molar-refractivity contribution in [3.8, 4) is 5.69 Å². The fourth-order valence-electron chi connectivity index (χ4n) is 2.11. The zero-order valence-corrected chi connectivity index (χ0v) is 11.8. The average molecular weight is 283 g/mol. The summed E-state index contributed by atoms with van der Waals surface area (Å²) in [5, 5.41) is 22.2. The van der Waals surface area contributed by atoms with Gasteiger partial charge in [-0.25, -0.2) is 0 Å². The number of benzene rings is 1. The molecule has 0 spiro atoms. The van der Waals surface area contributed by atoms with Gasteiger partial charge < -0.3 is 5.32 Å². The lowest BCUT2D eigenvalue weighted by molar-refractivity contribution is 0.782. The van der Waals surface area contributed by atoms with Crippen LogP contribution in [0.25, 0.3) is 5.69 Å². The molecule has 0 amide bonds. The van der Waals surface area contributed by atoms with E-state index < -0.39 is 0 Å². The number of nitrogens with one attached hydrogen (secondary N) is 2. The maximum Gasteiger partial charge on any atom is 0.247 e. The molecule has 1 aromatic carbocycles. The maximum absolute atomic E-state index is 4.22. The molecule has 0 atom stereocenters. The smallest absolute Gasteiger partial charge is 0.247 e. The van der Waals surface area contributed by atoms with Gasteiger partial charge in [-0.15, -0.1) is 0 Å². The molecule has 0 fully saturated rings. The Balaban J connectivity index is 1.55. The average Bonchev–Trinajstić information content (AvgIpc) is 3.13. The number of aromatic nitrogens is 6. The van der Waals surface area contributed by atoms with E-state index in [1.165, 1.54) is 0 Å². The predicted octanol–water partition coefficient (Wildman–Crippen LogP) is 1.74. The number of para-hydroxylation sites is 1. The van der Waals surface area contributed by atoms with Gasteiger partial charge in [-0.1, -0.05) is 23.3 Å². The van der Waals surface area contributed by atoms with Crippen molar-refractivity contribution in [2.24, 2.45) is 0 Å². The minimum absolute atomic E-state index is 0.652. The molecule has 7 nitrogen and oxygen atoms in total. The fraction of sp³-hybridized carbons (Fsp3) is 0.286. The summed E-state index contributed by atoms with van der Waals surface area (Å²) in [6.45, 7) is 2.79. The Kier molecular flexibility index (Phi) is 3.90. The highest BCUT2D eigenvalue weighted by Crippen LogP contribution is 2.10. The van der Waals surface area contributed by atoms with Crippen molar-refractivity contribution in [1.82, 2.24) is 30.4 Å². The molecule has 0 unspecified atom stereocenters. The van der Waals surface area contributed by atoms with Gasteiger partial charge in [0.1, 0.15) is 0 Å². The van der Waals surface area contributed by atoms with Crippen LogP contribution in [0.3, 0.4) is 0 Å². The number of rotatable bonds is 6. The van der Waals surface area contributed by atoms with Crippen LogP contribution in [0.4, 0.5) is 5.95 Å². The van der Waals surface area contributed by atoms with Crippen LogP contribution >= 0.6 is 0 Å². The lowest BCUT2D eigenvalue weighted by atomic mass is 10.2. The molecule has 7 heteroatoms. The van der Waals surface area contributed by atoms with Crippen molar-refractivity contribution in [1.29, 1.82) is 0 Å². The zero-order valence-electron chi connectivity index (χ0n) is 11.8. The Hall–Kier alpha value is -2.70. The Morgan fingerprint density at radius 2 is 2.10 bits per heavy atom. The molecule has 108 valence electrons. The summed E-state index contributed by atoms with van der Waals surface area (Å²) in [5.41, 5.74) is 3.11. The van der Waals surface area contributed by atoms with Crippen LogP contribution in [-0.2, 0) is 6.42 Å². The second kappa shape index (κ2) is 6.17. The number of aromatic amines is 1. The minimum Gasteiger partial charge on any atom is -0.353 e. The van der Waals surface area contributed by atoms with E-state index in [1.54, 1.807) is 4.68 Å². The molecule has 0 bridgehead atoms. The van der Waals surface area contributed by atoms with Crippen LogP contribution in [0, 0.1) is 6.92 Å². The molecule has 2 heterocycles. The van der Waals surface area contributed by atoms with Crippen LogP contribution in [0.15, 0.2) is 36.4 Å². The third-order valence-electron chi connectivity index (χ3n) is 3.12. The number of hydrogen-bond donors (Lipinski definition) is 2. The minimum atomic E-state index is 0.652. The van der Waals surface area contributed by atoms with Gasteiger partial charge in [0.05, 0.1) is 11.4 Å². The maximum atomic E-state index is 4.22. The molecule has 0 saturated carbocycles. The molecule has 2 N–H and O–H groups in total. The van der Waals surface area contributed by atoms with E-state index in [4.69, 9.17) is 0 Å². The Morgan fingerprint density at radius 3 is 2.86 bits per heavy atom. The largest absolute Gasteiger partial charge is 0.353 e. The van der Waals surface area contributed by atoms with Gasteiger partial charge in [0.2, 0.25) is 5.95 Å². The molecule has 3 aromatic rings. The van der Waals surface area contributed by atoms with Crippen molar-refractivity contribution < 1.29 is 0 Å². The number of aryl methyl sites for hydroxylation is 2. The van der Waals surface area contributed by atoms with Crippen LogP contribution < -0.4 is 5.32 Å². The zero-order chi connectivity index (χ0) is 14.5. The first-order valence-electron chi connectivity index (χ1n) is 6.91. The highest BCUT2D eigenvalue weighted by molar-refractivity contribution is 5.38. The summed E-state index contributed by atoms with van der Waals surface area (Å²) in [7, 11) is 0. The summed E-state index contributed by atoms with van der Waals surface area (Å²) in [6.07, 6.45) is 1.89. The molecule has 2 aromatic heterocycles. The van der Waals surface area contributed by atoms with Crippen LogP contribution in [0.1, 0.15) is 17.8 Å². The lowest BCUT2D eigenvalue weighted by Gasteiger charge is -2.06. The molecular formula is C14H17N7. The Bertz CT molecular complexity index is 686. The topological polar surface area (TPSA) is 84.3 Å². The van der Waals surface area contributed by atoms with Crippen LogP contribution in [-0.4, -0.2) is 36.9 Å². The van der Waals surface area contributed by atoms with E-state index in [0.717, 1.165) is 36.5 Å². The van der Waals surface area contributed by atoms with Crippen molar-refractivity contribution >= 4 is 5.95 Å². The van der Waals surface area contributed by atoms with Crippen LogP contribution in [0.2, 0.25) is 0 Å². The Morgan fingerprint density at radius 1 is 1.24 bits per heavy atom. The number of H-pyrrole nitrogens is 1. The Labute approximate surface area is 122 Å². The van der Waals surface area contributed by atoms with Crippen molar-refractivity contribution in [2.75, 3.05) is 11.9 Å². The van der Waals surface area contributed by atoms with E-state index in [0.29, 0.717) is 5.95 Å². The summed E-state index contributed by atoms with van der Waals surface area (Å²) < 4.78 is 1.69. The molecule has 21 heavy (non-hydrogen) atoms. The fourth-order valence-corrected chi connectivity index (χ4v) is 2.11. The molecule has 3 rings (SSSR count). The lowest BCUT2D eigenvalue weighted by Crippen LogP contribution is -2.09. The van der Waals surface area contributed by atoms with E-state index in [-0.39, 0.29) is 0 Å². The standard InChI is InChI=1S/C14H17N7/c1-11-10-12(17-16-11)6-5-9-15-14-18-19-20-21(14)13-7-3-2-4-8-13/h2-4,7-8,10H,5-6,9H2,1H3,(H,16,17)(H,15,18,20). The van der Waals surface area contributed by atoms with Gasteiger partial charge in [0.15, 0.2) is 0 Å². The van der Waals surface area contributed by atoms with Gasteiger partial charge in [0, 0.05) is 12.2 Å². The van der Waals surface area contributed by atoms with Gasteiger partial charge in [-0.2, -0.15) is 9.78 Å². The number of nitrogens with zero attached hydrogens (tertiary/aromatic N) is 5. The molecular weight excluding hydrogens is 266 g/mol. The number of hydrogen-bond acceptors (Lipinski definition) is 5. The quantitative estimate of drug-likeness (QED) is 0.673. The normalized spacial score (nSPS) is 10.7. The van der Waals surface area contributed by atoms with E-state index >= 15 is 0 Å². The second-order valence-corrected chi connectivity index (χ2v) is 4.82. The highest BCUT2D eigenvalue weighted by atomic mass is 15.6. The second-order valence-electron chi connectivity index (χ2n) is 4.82. The number of tetrazole rings is 1. The van der Waals surface area contributed by atoms with E-state index in [2.05, 4.69) is 37.1 Å². The third-order valence-corrected chi connectivity index (χ3v) is 3.12. The van der Waals surface area contributed by atoms with Crippen molar-refractivity contribution in [3.05, 3.63) is 47.8 Å². The summed E-state index contributed by atoms with van der Waals surface area (Å²) >= 11 is 0. The SMILES string of the molecule is Cc1cc(CCCNc2nnnn2-c2ccccc2)n[nH]1. The highest BCUT2D eigenvalue weighted by Gasteiger charge is 2.06. The van der Waals surface area contributed by atoms with E-state index in [1.807, 2.05) is 37.3 Å². The van der Waals surface area contributed by atoms with Gasteiger partial charge in [-0.05, 0) is 48.4 Å². The van der Waals surface area contributed by atoms with Gasteiger partial charge in [0.25, 0.3) is 0 Å². The molecule has 0 aliphatic carbocycles. The molecule has 0 aliphatic heterocycles. The summed E-state index contributed by atoms with van der Waals surface area (Å²) in [5.74, 6) is 0.652. The first-order chi connectivity index (χ1) is 10.3. The number of anilines is 1. The molecule has 0 saturated heterocycles. The molecule has 0 aliphatic rings. The van der Waals surface area contributed by atoms with Crippen molar-refractivity contribution in [3.63, 3.8) is 0 Å². The first kappa shape index (κ1) is 13.3.